The van der Waals surface area contributed by atoms with Gasteiger partial charge in [0.1, 0.15) is 0 Å². The number of nitrogens with one attached hydrogen (secondary N) is 2. The molecule has 0 heterocycles. The molecule has 0 unspecified atom stereocenters. The third-order valence-corrected chi connectivity index (χ3v) is 2.59. The number of carbonyl (C=O) groups is 1. The number of ether oxygens (including phenoxy) is 1. The minimum Gasteiger partial charge on any atom is -0.494 e. The van der Waals surface area contributed by atoms with Crippen molar-refractivity contribution < 1.29 is 13.9 Å². The standard InChI is InChI=1S/C15H23FN2O2/c1-15(2,3)18-14(19)7-8-17-10-11-5-6-13(20-4)12(16)9-11/h5-6,9,17H,7-8,10H2,1-4H3,(H,18,19). The van der Waals surface area contributed by atoms with Crippen LogP contribution in [0.1, 0.15) is 32.8 Å². The Morgan fingerprint density at radius 2 is 2.05 bits per heavy atom. The molecule has 0 atom stereocenters. The molecule has 0 aliphatic heterocycles. The SMILES string of the molecule is COc1ccc(CNCCC(=O)NC(C)(C)C)cc1F. The molecule has 0 radical (unpaired) electrons. The van der Waals surface area contributed by atoms with E-state index in [0.717, 1.165) is 5.56 Å². The fourth-order valence-corrected chi connectivity index (χ4v) is 1.74. The summed E-state index contributed by atoms with van der Waals surface area (Å²) in [6, 6.07) is 4.82. The topological polar surface area (TPSA) is 50.4 Å². The number of hydrogen-bond acceptors (Lipinski definition) is 3. The van der Waals surface area contributed by atoms with Crippen LogP contribution in [0.4, 0.5) is 4.39 Å². The lowest BCUT2D eigenvalue weighted by Crippen LogP contribution is -2.41. The van der Waals surface area contributed by atoms with Gasteiger partial charge in [-0.25, -0.2) is 4.39 Å². The molecule has 0 aliphatic carbocycles. The molecule has 0 aromatic heterocycles. The highest BCUT2D eigenvalue weighted by molar-refractivity contribution is 5.76. The number of amides is 1. The summed E-state index contributed by atoms with van der Waals surface area (Å²) in [5.41, 5.74) is 0.607. The smallest absolute Gasteiger partial charge is 0.221 e. The molecule has 0 spiro atoms. The van der Waals surface area contributed by atoms with Gasteiger partial charge in [-0.1, -0.05) is 6.07 Å². The minimum absolute atomic E-state index is 0.00547. The summed E-state index contributed by atoms with van der Waals surface area (Å²) in [5.74, 6) is -0.138. The highest BCUT2D eigenvalue weighted by atomic mass is 19.1. The van der Waals surface area contributed by atoms with Crippen LogP contribution in [0.3, 0.4) is 0 Å². The lowest BCUT2D eigenvalue weighted by molar-refractivity contribution is -0.122. The molecule has 1 amide bonds. The average molecular weight is 282 g/mol. The Kier molecular flexibility index (Phi) is 5.95. The Labute approximate surface area is 119 Å². The molecule has 5 heteroatoms. The predicted molar refractivity (Wildman–Crippen MR) is 77.2 cm³/mol. The molecular weight excluding hydrogens is 259 g/mol. The fourth-order valence-electron chi connectivity index (χ4n) is 1.74. The summed E-state index contributed by atoms with van der Waals surface area (Å²) in [6.45, 7) is 6.90. The van der Waals surface area contributed by atoms with Crippen molar-refractivity contribution in [1.29, 1.82) is 0 Å². The molecular formula is C15H23FN2O2. The first-order valence-corrected chi connectivity index (χ1v) is 6.66. The van der Waals surface area contributed by atoms with Crippen molar-refractivity contribution >= 4 is 5.91 Å². The first kappa shape index (κ1) is 16.4. The van der Waals surface area contributed by atoms with E-state index in [1.54, 1.807) is 12.1 Å². The molecule has 4 nitrogen and oxygen atoms in total. The van der Waals surface area contributed by atoms with E-state index in [-0.39, 0.29) is 23.0 Å². The van der Waals surface area contributed by atoms with Crippen molar-refractivity contribution in [2.24, 2.45) is 0 Å². The van der Waals surface area contributed by atoms with E-state index in [1.165, 1.54) is 13.2 Å². The number of hydrogen-bond donors (Lipinski definition) is 2. The maximum absolute atomic E-state index is 13.5. The van der Waals surface area contributed by atoms with Gasteiger partial charge in [-0.3, -0.25) is 4.79 Å². The molecule has 2 N–H and O–H groups in total. The van der Waals surface area contributed by atoms with E-state index in [1.807, 2.05) is 20.8 Å². The highest BCUT2D eigenvalue weighted by Crippen LogP contribution is 2.17. The Hall–Kier alpha value is -1.62. The second-order valence-corrected chi connectivity index (χ2v) is 5.69. The average Bonchev–Trinajstić information content (AvgIpc) is 2.33. The van der Waals surface area contributed by atoms with E-state index in [4.69, 9.17) is 4.74 Å². The number of halogens is 1. The summed E-state index contributed by atoms with van der Waals surface area (Å²) in [6.07, 6.45) is 0.399. The van der Waals surface area contributed by atoms with Gasteiger partial charge in [0.15, 0.2) is 11.6 Å². The van der Waals surface area contributed by atoms with Crippen LogP contribution in [0.5, 0.6) is 5.75 Å². The molecule has 1 aromatic carbocycles. The Balaban J connectivity index is 2.31. The molecule has 0 saturated carbocycles. The molecule has 1 aromatic rings. The maximum atomic E-state index is 13.5. The largest absolute Gasteiger partial charge is 0.494 e. The lowest BCUT2D eigenvalue weighted by atomic mass is 10.1. The summed E-state index contributed by atoms with van der Waals surface area (Å²) < 4.78 is 18.3. The van der Waals surface area contributed by atoms with Gasteiger partial charge in [0, 0.05) is 25.0 Å². The van der Waals surface area contributed by atoms with Crippen LogP contribution >= 0.6 is 0 Å². The van der Waals surface area contributed by atoms with Crippen LogP contribution in [0.2, 0.25) is 0 Å². The Morgan fingerprint density at radius 3 is 2.60 bits per heavy atom. The van der Waals surface area contributed by atoms with Gasteiger partial charge in [-0.05, 0) is 38.5 Å². The van der Waals surface area contributed by atoms with Gasteiger partial charge < -0.3 is 15.4 Å². The van der Waals surface area contributed by atoms with Crippen molar-refractivity contribution in [2.45, 2.75) is 39.3 Å². The number of benzene rings is 1. The van der Waals surface area contributed by atoms with E-state index in [2.05, 4.69) is 10.6 Å². The fraction of sp³-hybridized carbons (Fsp3) is 0.533. The molecule has 0 fully saturated rings. The summed E-state index contributed by atoms with van der Waals surface area (Å²) in [4.78, 5) is 11.6. The maximum Gasteiger partial charge on any atom is 0.221 e. The van der Waals surface area contributed by atoms with Crippen LogP contribution in [-0.4, -0.2) is 25.1 Å². The van der Waals surface area contributed by atoms with Gasteiger partial charge in [0.2, 0.25) is 5.91 Å². The number of methoxy groups -OCH3 is 1. The summed E-state index contributed by atoms with van der Waals surface area (Å²) in [7, 11) is 1.43. The van der Waals surface area contributed by atoms with E-state index in [9.17, 15) is 9.18 Å². The zero-order valence-electron chi connectivity index (χ0n) is 12.5. The minimum atomic E-state index is -0.378. The van der Waals surface area contributed by atoms with Crippen LogP contribution < -0.4 is 15.4 Å². The molecule has 0 aliphatic rings. The normalized spacial score (nSPS) is 11.2. The first-order valence-electron chi connectivity index (χ1n) is 6.66. The van der Waals surface area contributed by atoms with Gasteiger partial charge in [-0.15, -0.1) is 0 Å². The van der Waals surface area contributed by atoms with Crippen LogP contribution in [0, 0.1) is 5.82 Å². The summed E-state index contributed by atoms with van der Waals surface area (Å²) >= 11 is 0. The van der Waals surface area contributed by atoms with E-state index >= 15 is 0 Å². The molecule has 0 saturated heterocycles. The van der Waals surface area contributed by atoms with Crippen molar-refractivity contribution in [3.63, 3.8) is 0 Å². The first-order chi connectivity index (χ1) is 9.31. The van der Waals surface area contributed by atoms with Crippen LogP contribution in [-0.2, 0) is 11.3 Å². The van der Waals surface area contributed by atoms with Gasteiger partial charge in [0.25, 0.3) is 0 Å². The highest BCUT2D eigenvalue weighted by Gasteiger charge is 2.12. The van der Waals surface area contributed by atoms with Crippen molar-refractivity contribution in [1.82, 2.24) is 10.6 Å². The van der Waals surface area contributed by atoms with Crippen LogP contribution in [0.15, 0.2) is 18.2 Å². The van der Waals surface area contributed by atoms with Crippen molar-refractivity contribution in [3.05, 3.63) is 29.6 Å². The second-order valence-electron chi connectivity index (χ2n) is 5.69. The third kappa shape index (κ3) is 6.02. The second kappa shape index (κ2) is 7.24. The van der Waals surface area contributed by atoms with Crippen molar-refractivity contribution in [2.75, 3.05) is 13.7 Å². The number of carbonyl (C=O) groups excluding carboxylic acids is 1. The van der Waals surface area contributed by atoms with Crippen LogP contribution in [0.25, 0.3) is 0 Å². The molecule has 0 bridgehead atoms. The molecule has 20 heavy (non-hydrogen) atoms. The predicted octanol–water partition coefficient (Wildman–Crippen LogP) is 2.23. The van der Waals surface area contributed by atoms with Gasteiger partial charge in [0.05, 0.1) is 7.11 Å². The quantitative estimate of drug-likeness (QED) is 0.787. The van der Waals surface area contributed by atoms with Crippen molar-refractivity contribution in [3.8, 4) is 5.75 Å². The third-order valence-electron chi connectivity index (χ3n) is 2.59. The van der Waals surface area contributed by atoms with E-state index < -0.39 is 0 Å². The number of rotatable bonds is 6. The Bertz CT molecular complexity index is 456. The van der Waals surface area contributed by atoms with Gasteiger partial charge in [-0.2, -0.15) is 0 Å². The monoisotopic (exact) mass is 282 g/mol. The Morgan fingerprint density at radius 1 is 1.35 bits per heavy atom. The lowest BCUT2D eigenvalue weighted by Gasteiger charge is -2.20. The van der Waals surface area contributed by atoms with E-state index in [0.29, 0.717) is 19.5 Å². The summed E-state index contributed by atoms with van der Waals surface area (Å²) in [5, 5.41) is 6.00. The zero-order chi connectivity index (χ0) is 15.2. The molecule has 1 rings (SSSR count). The molecule has 112 valence electrons. The zero-order valence-corrected chi connectivity index (χ0v) is 12.5. The van der Waals surface area contributed by atoms with Gasteiger partial charge >= 0.3 is 0 Å².